The summed E-state index contributed by atoms with van der Waals surface area (Å²) in [5.74, 6) is -0.123. The number of nitrogens with zero attached hydrogens (tertiary/aromatic N) is 2. The van der Waals surface area contributed by atoms with E-state index in [9.17, 15) is 4.79 Å². The third-order valence-electron chi connectivity index (χ3n) is 3.16. The van der Waals surface area contributed by atoms with Crippen molar-refractivity contribution in [1.29, 1.82) is 0 Å². The molecule has 1 atom stereocenters. The first kappa shape index (κ1) is 14.4. The molecule has 5 nitrogen and oxygen atoms in total. The fourth-order valence-corrected chi connectivity index (χ4v) is 1.99. The van der Waals surface area contributed by atoms with Crippen LogP contribution in [-0.2, 0) is 9.53 Å². The molecule has 1 fully saturated rings. The van der Waals surface area contributed by atoms with Crippen molar-refractivity contribution < 1.29 is 14.6 Å². The van der Waals surface area contributed by atoms with E-state index < -0.39 is 0 Å². The molecule has 1 rings (SSSR count). The maximum atomic E-state index is 11.7. The number of hydrogen-bond acceptors (Lipinski definition) is 5. The molecule has 1 aliphatic rings. The van der Waals surface area contributed by atoms with Gasteiger partial charge in [-0.25, -0.2) is 0 Å². The number of hydrogen-bond donors (Lipinski definition) is 1. The minimum atomic E-state index is -0.155. The molecule has 1 heterocycles. The van der Waals surface area contributed by atoms with Gasteiger partial charge >= 0.3 is 5.97 Å². The maximum absolute atomic E-state index is 11.7. The fourth-order valence-electron chi connectivity index (χ4n) is 1.99. The molecule has 0 aromatic rings. The normalized spacial score (nSPS) is 20.2. The fraction of sp³-hybridized carbons (Fsp3) is 0.917. The average molecular weight is 244 g/mol. The van der Waals surface area contributed by atoms with Gasteiger partial charge in [0.15, 0.2) is 0 Å². The lowest BCUT2D eigenvalue weighted by atomic mass is 10.2. The van der Waals surface area contributed by atoms with Gasteiger partial charge in [-0.15, -0.1) is 0 Å². The highest BCUT2D eigenvalue weighted by molar-refractivity contribution is 5.75. The molecule has 5 heteroatoms. The van der Waals surface area contributed by atoms with Crippen LogP contribution in [-0.4, -0.2) is 72.9 Å². The minimum Gasteiger partial charge on any atom is -0.465 e. The van der Waals surface area contributed by atoms with E-state index in [1.807, 2.05) is 13.8 Å². The first-order valence-corrected chi connectivity index (χ1v) is 6.43. The smallest absolute Gasteiger partial charge is 0.323 e. The van der Waals surface area contributed by atoms with Crippen LogP contribution in [0.25, 0.3) is 0 Å². The average Bonchev–Trinajstić information content (AvgIpc) is 2.36. The largest absolute Gasteiger partial charge is 0.465 e. The Bertz CT molecular complexity index is 228. The summed E-state index contributed by atoms with van der Waals surface area (Å²) in [6.45, 7) is 8.87. The van der Waals surface area contributed by atoms with Crippen molar-refractivity contribution in [3.8, 4) is 0 Å². The van der Waals surface area contributed by atoms with Gasteiger partial charge in [0.1, 0.15) is 6.04 Å². The van der Waals surface area contributed by atoms with Crippen LogP contribution < -0.4 is 0 Å². The van der Waals surface area contributed by atoms with Crippen LogP contribution >= 0.6 is 0 Å². The van der Waals surface area contributed by atoms with Gasteiger partial charge in [-0.1, -0.05) is 6.92 Å². The van der Waals surface area contributed by atoms with Gasteiger partial charge in [-0.2, -0.15) is 0 Å². The van der Waals surface area contributed by atoms with Crippen LogP contribution in [0.4, 0.5) is 0 Å². The highest BCUT2D eigenvalue weighted by Crippen LogP contribution is 2.07. The number of esters is 1. The highest BCUT2D eigenvalue weighted by Gasteiger charge is 2.26. The van der Waals surface area contributed by atoms with Crippen molar-refractivity contribution in [3.63, 3.8) is 0 Å². The summed E-state index contributed by atoms with van der Waals surface area (Å²) in [4.78, 5) is 16.0. The summed E-state index contributed by atoms with van der Waals surface area (Å²) in [5.41, 5.74) is 0. The van der Waals surface area contributed by atoms with Crippen molar-refractivity contribution in [3.05, 3.63) is 0 Å². The molecule has 0 aromatic carbocycles. The molecule has 1 N–H and O–H groups in total. The van der Waals surface area contributed by atoms with E-state index in [0.717, 1.165) is 39.1 Å². The maximum Gasteiger partial charge on any atom is 0.323 e. The second-order valence-corrected chi connectivity index (χ2v) is 4.44. The number of aliphatic hydroxyl groups is 1. The molecule has 0 aliphatic carbocycles. The van der Waals surface area contributed by atoms with E-state index in [0.29, 0.717) is 6.61 Å². The SMILES string of the molecule is CCCOC(=O)C(C)N1CCN(CCO)CC1. The molecule has 1 aliphatic heterocycles. The van der Waals surface area contributed by atoms with E-state index in [1.165, 1.54) is 0 Å². The number of carbonyl (C=O) groups excluding carboxylic acids is 1. The molecule has 0 aromatic heterocycles. The summed E-state index contributed by atoms with van der Waals surface area (Å²) >= 11 is 0. The Labute approximate surface area is 103 Å². The Morgan fingerprint density at radius 2 is 2.00 bits per heavy atom. The zero-order chi connectivity index (χ0) is 12.7. The number of rotatable bonds is 6. The zero-order valence-electron chi connectivity index (χ0n) is 10.9. The van der Waals surface area contributed by atoms with Crippen molar-refractivity contribution >= 4 is 5.97 Å². The number of β-amino-alcohol motifs (C(OH)–C–C–N with tert-alkyl or cyclic N) is 1. The number of aliphatic hydroxyl groups excluding tert-OH is 1. The summed E-state index contributed by atoms with van der Waals surface area (Å²) in [6, 6.07) is -0.155. The van der Waals surface area contributed by atoms with Gasteiger partial charge < -0.3 is 9.84 Å². The molecule has 1 unspecified atom stereocenters. The standard InChI is InChI=1S/C12H24N2O3/c1-3-10-17-12(16)11(2)14-6-4-13(5-7-14)8-9-15/h11,15H,3-10H2,1-2H3. The van der Waals surface area contributed by atoms with Crippen molar-refractivity contribution in [2.45, 2.75) is 26.3 Å². The van der Waals surface area contributed by atoms with Crippen molar-refractivity contribution in [2.75, 3.05) is 45.9 Å². The van der Waals surface area contributed by atoms with Gasteiger partial charge in [0, 0.05) is 32.7 Å². The molecule has 100 valence electrons. The van der Waals surface area contributed by atoms with Gasteiger partial charge in [0.2, 0.25) is 0 Å². The molecule has 0 bridgehead atoms. The molecule has 17 heavy (non-hydrogen) atoms. The second kappa shape index (κ2) is 7.63. The predicted octanol–water partition coefficient (Wildman–Crippen LogP) is -0.0620. The van der Waals surface area contributed by atoms with Gasteiger partial charge in [0.05, 0.1) is 13.2 Å². The van der Waals surface area contributed by atoms with Crippen LogP contribution in [0.15, 0.2) is 0 Å². The second-order valence-electron chi connectivity index (χ2n) is 4.44. The van der Waals surface area contributed by atoms with E-state index in [-0.39, 0.29) is 18.6 Å². The van der Waals surface area contributed by atoms with E-state index in [2.05, 4.69) is 9.80 Å². The van der Waals surface area contributed by atoms with E-state index in [4.69, 9.17) is 9.84 Å². The predicted molar refractivity (Wildman–Crippen MR) is 65.8 cm³/mol. The topological polar surface area (TPSA) is 53.0 Å². The van der Waals surface area contributed by atoms with Crippen LogP contribution in [0, 0.1) is 0 Å². The Balaban J connectivity index is 2.29. The van der Waals surface area contributed by atoms with Crippen LogP contribution in [0.3, 0.4) is 0 Å². The quantitative estimate of drug-likeness (QED) is 0.663. The Morgan fingerprint density at radius 1 is 1.35 bits per heavy atom. The van der Waals surface area contributed by atoms with Gasteiger partial charge in [-0.3, -0.25) is 14.6 Å². The van der Waals surface area contributed by atoms with Gasteiger partial charge in [0.25, 0.3) is 0 Å². The zero-order valence-corrected chi connectivity index (χ0v) is 10.9. The third-order valence-corrected chi connectivity index (χ3v) is 3.16. The van der Waals surface area contributed by atoms with Gasteiger partial charge in [-0.05, 0) is 13.3 Å². The first-order valence-electron chi connectivity index (χ1n) is 6.43. The lowest BCUT2D eigenvalue weighted by Gasteiger charge is -2.36. The summed E-state index contributed by atoms with van der Waals surface area (Å²) in [7, 11) is 0. The third kappa shape index (κ3) is 4.61. The Hall–Kier alpha value is -0.650. The molecule has 1 saturated heterocycles. The first-order chi connectivity index (χ1) is 8.19. The molecule has 0 radical (unpaired) electrons. The molecule has 0 spiro atoms. The number of ether oxygens (including phenoxy) is 1. The molecular weight excluding hydrogens is 220 g/mol. The lowest BCUT2D eigenvalue weighted by molar-refractivity contribution is -0.150. The summed E-state index contributed by atoms with van der Waals surface area (Å²) in [6.07, 6.45) is 0.864. The van der Waals surface area contributed by atoms with Crippen LogP contribution in [0.5, 0.6) is 0 Å². The van der Waals surface area contributed by atoms with E-state index in [1.54, 1.807) is 0 Å². The molecule has 0 saturated carbocycles. The minimum absolute atomic E-state index is 0.123. The monoisotopic (exact) mass is 244 g/mol. The van der Waals surface area contributed by atoms with Crippen molar-refractivity contribution in [1.82, 2.24) is 9.80 Å². The Morgan fingerprint density at radius 3 is 2.53 bits per heavy atom. The van der Waals surface area contributed by atoms with Crippen LogP contribution in [0.1, 0.15) is 20.3 Å². The van der Waals surface area contributed by atoms with Crippen molar-refractivity contribution in [2.24, 2.45) is 0 Å². The number of carbonyl (C=O) groups is 1. The summed E-state index contributed by atoms with van der Waals surface area (Å²) < 4.78 is 5.15. The Kier molecular flexibility index (Phi) is 6.47. The van der Waals surface area contributed by atoms with Crippen LogP contribution in [0.2, 0.25) is 0 Å². The molecule has 0 amide bonds. The number of piperazine rings is 1. The summed E-state index contributed by atoms with van der Waals surface area (Å²) in [5, 5.41) is 8.85. The molecular formula is C12H24N2O3. The van der Waals surface area contributed by atoms with E-state index >= 15 is 0 Å². The highest BCUT2D eigenvalue weighted by atomic mass is 16.5. The lowest BCUT2D eigenvalue weighted by Crippen LogP contribution is -2.52.